The highest BCUT2D eigenvalue weighted by Gasteiger charge is 2.18. The molecule has 0 bridgehead atoms. The van der Waals surface area contributed by atoms with E-state index in [9.17, 15) is 15.2 Å². The van der Waals surface area contributed by atoms with Gasteiger partial charge in [-0.1, -0.05) is 12.1 Å². The van der Waals surface area contributed by atoms with Gasteiger partial charge in [0.15, 0.2) is 11.3 Å². The Morgan fingerprint density at radius 3 is 2.59 bits per heavy atom. The number of para-hydroxylation sites is 1. The first kappa shape index (κ1) is 14.1. The molecule has 22 heavy (non-hydrogen) atoms. The number of rotatable bonds is 4. The van der Waals surface area contributed by atoms with Gasteiger partial charge in [0.1, 0.15) is 11.9 Å². The van der Waals surface area contributed by atoms with E-state index in [1.54, 1.807) is 19.2 Å². The first-order chi connectivity index (χ1) is 10.6. The van der Waals surface area contributed by atoms with Crippen molar-refractivity contribution in [3.05, 3.63) is 70.0 Å². The number of hydrogen-bond donors (Lipinski definition) is 1. The van der Waals surface area contributed by atoms with Crippen LogP contribution in [0.3, 0.4) is 0 Å². The molecule has 1 atom stereocenters. The van der Waals surface area contributed by atoms with Crippen LogP contribution in [0.15, 0.2) is 52.9 Å². The van der Waals surface area contributed by atoms with E-state index < -0.39 is 11.0 Å². The van der Waals surface area contributed by atoms with Gasteiger partial charge in [-0.25, -0.2) is 0 Å². The van der Waals surface area contributed by atoms with Crippen LogP contribution in [0.5, 0.6) is 5.75 Å². The van der Waals surface area contributed by atoms with Crippen molar-refractivity contribution in [1.82, 2.24) is 0 Å². The molecule has 0 saturated carbocycles. The predicted octanol–water partition coefficient (Wildman–Crippen LogP) is 3.43. The van der Waals surface area contributed by atoms with Gasteiger partial charge < -0.3 is 14.3 Å². The van der Waals surface area contributed by atoms with Crippen LogP contribution >= 0.6 is 0 Å². The molecule has 2 aromatic carbocycles. The summed E-state index contributed by atoms with van der Waals surface area (Å²) in [6.07, 6.45) is -1.00. The Kier molecular flexibility index (Phi) is 3.52. The largest absolute Gasteiger partial charge is 0.493 e. The van der Waals surface area contributed by atoms with Crippen LogP contribution in [0, 0.1) is 10.1 Å². The Labute approximate surface area is 125 Å². The molecular formula is C16H13NO5. The number of nitro benzene ring substituents is 1. The Hall–Kier alpha value is -2.86. The number of methoxy groups -OCH3 is 1. The van der Waals surface area contributed by atoms with Crippen molar-refractivity contribution in [2.75, 3.05) is 7.11 Å². The van der Waals surface area contributed by atoms with Gasteiger partial charge >= 0.3 is 0 Å². The molecule has 3 rings (SSSR count). The van der Waals surface area contributed by atoms with Gasteiger partial charge in [0.2, 0.25) is 0 Å². The third-order valence-electron chi connectivity index (χ3n) is 3.44. The maximum atomic E-state index is 10.7. The van der Waals surface area contributed by atoms with Crippen LogP contribution < -0.4 is 4.74 Å². The molecule has 0 aliphatic carbocycles. The fourth-order valence-corrected chi connectivity index (χ4v) is 2.29. The molecule has 3 aromatic rings. The van der Waals surface area contributed by atoms with E-state index in [2.05, 4.69) is 0 Å². The van der Waals surface area contributed by atoms with Crippen LogP contribution in [-0.4, -0.2) is 17.1 Å². The molecule has 6 nitrogen and oxygen atoms in total. The molecule has 0 aliphatic heterocycles. The third-order valence-corrected chi connectivity index (χ3v) is 3.44. The number of fused-ring (bicyclic) bond motifs is 1. The molecular weight excluding hydrogens is 286 g/mol. The lowest BCUT2D eigenvalue weighted by Crippen LogP contribution is -1.98. The minimum Gasteiger partial charge on any atom is -0.493 e. The van der Waals surface area contributed by atoms with Gasteiger partial charge in [0.05, 0.1) is 12.0 Å². The fraction of sp³-hybridized carbons (Fsp3) is 0.125. The topological polar surface area (TPSA) is 85.7 Å². The fourth-order valence-electron chi connectivity index (χ4n) is 2.29. The Bertz CT molecular complexity index is 822. The normalized spacial score (nSPS) is 12.3. The zero-order chi connectivity index (χ0) is 15.7. The van der Waals surface area contributed by atoms with E-state index in [0.717, 1.165) is 5.39 Å². The summed E-state index contributed by atoms with van der Waals surface area (Å²) in [5, 5.41) is 21.8. The van der Waals surface area contributed by atoms with E-state index >= 15 is 0 Å². The van der Waals surface area contributed by atoms with Gasteiger partial charge in [-0.15, -0.1) is 0 Å². The van der Waals surface area contributed by atoms with E-state index in [-0.39, 0.29) is 5.69 Å². The summed E-state index contributed by atoms with van der Waals surface area (Å²) in [6.45, 7) is 0. The van der Waals surface area contributed by atoms with Crippen LogP contribution in [0.1, 0.15) is 17.4 Å². The lowest BCUT2D eigenvalue weighted by Gasteiger charge is -2.07. The van der Waals surface area contributed by atoms with Crippen molar-refractivity contribution >= 4 is 16.7 Å². The number of aliphatic hydroxyl groups excluding tert-OH is 1. The lowest BCUT2D eigenvalue weighted by molar-refractivity contribution is -0.384. The molecule has 0 spiro atoms. The molecule has 0 fully saturated rings. The summed E-state index contributed by atoms with van der Waals surface area (Å²) in [7, 11) is 1.55. The van der Waals surface area contributed by atoms with Crippen molar-refractivity contribution in [3.8, 4) is 5.75 Å². The monoisotopic (exact) mass is 299 g/mol. The molecule has 0 amide bonds. The number of nitrogens with zero attached hydrogens (tertiary/aromatic N) is 1. The summed E-state index contributed by atoms with van der Waals surface area (Å²) in [5.74, 6) is 0.938. The average molecular weight is 299 g/mol. The molecule has 0 unspecified atom stereocenters. The zero-order valence-electron chi connectivity index (χ0n) is 11.7. The Morgan fingerprint density at radius 2 is 1.95 bits per heavy atom. The van der Waals surface area contributed by atoms with E-state index in [0.29, 0.717) is 22.7 Å². The first-order valence-corrected chi connectivity index (χ1v) is 6.59. The van der Waals surface area contributed by atoms with Crippen molar-refractivity contribution in [3.63, 3.8) is 0 Å². The number of nitro groups is 1. The maximum Gasteiger partial charge on any atom is 0.269 e. The molecule has 1 heterocycles. The minimum absolute atomic E-state index is 0.0257. The number of non-ortho nitro benzene ring substituents is 1. The van der Waals surface area contributed by atoms with Gasteiger partial charge in [-0.2, -0.15) is 0 Å². The first-order valence-electron chi connectivity index (χ1n) is 6.59. The van der Waals surface area contributed by atoms with Crippen molar-refractivity contribution in [2.24, 2.45) is 0 Å². The number of hydrogen-bond acceptors (Lipinski definition) is 5. The second kappa shape index (κ2) is 5.50. The quantitative estimate of drug-likeness (QED) is 0.589. The van der Waals surface area contributed by atoms with E-state index in [4.69, 9.17) is 9.15 Å². The van der Waals surface area contributed by atoms with Crippen molar-refractivity contribution in [2.45, 2.75) is 6.10 Å². The molecule has 0 radical (unpaired) electrons. The lowest BCUT2D eigenvalue weighted by atomic mass is 10.1. The summed E-state index contributed by atoms with van der Waals surface area (Å²) in [6, 6.07) is 12.9. The molecule has 1 N–H and O–H groups in total. The highest BCUT2D eigenvalue weighted by atomic mass is 16.6. The SMILES string of the molecule is COc1cccc2cc([C@@H](O)c3ccc([N+](=O)[O-])cc3)oc12. The van der Waals surface area contributed by atoms with Gasteiger partial charge in [0.25, 0.3) is 5.69 Å². The second-order valence-electron chi connectivity index (χ2n) is 4.78. The van der Waals surface area contributed by atoms with E-state index in [1.165, 1.54) is 24.3 Å². The predicted molar refractivity (Wildman–Crippen MR) is 79.9 cm³/mol. The highest BCUT2D eigenvalue weighted by molar-refractivity contribution is 5.83. The van der Waals surface area contributed by atoms with Gasteiger partial charge in [-0.3, -0.25) is 10.1 Å². The number of ether oxygens (including phenoxy) is 1. The minimum atomic E-state index is -1.00. The summed E-state index contributed by atoms with van der Waals surface area (Å²) in [5.41, 5.74) is 1.05. The second-order valence-corrected chi connectivity index (χ2v) is 4.78. The smallest absolute Gasteiger partial charge is 0.269 e. The summed E-state index contributed by atoms with van der Waals surface area (Å²) in [4.78, 5) is 10.2. The molecule has 0 aliphatic rings. The number of aliphatic hydroxyl groups is 1. The maximum absolute atomic E-state index is 10.7. The number of benzene rings is 2. The van der Waals surface area contributed by atoms with Crippen LogP contribution in [0.25, 0.3) is 11.0 Å². The van der Waals surface area contributed by atoms with Crippen molar-refractivity contribution in [1.29, 1.82) is 0 Å². The Morgan fingerprint density at radius 1 is 1.23 bits per heavy atom. The molecule has 1 aromatic heterocycles. The van der Waals surface area contributed by atoms with Crippen LogP contribution in [0.4, 0.5) is 5.69 Å². The van der Waals surface area contributed by atoms with Crippen LogP contribution in [-0.2, 0) is 0 Å². The molecule has 112 valence electrons. The zero-order valence-corrected chi connectivity index (χ0v) is 11.7. The van der Waals surface area contributed by atoms with Gasteiger partial charge in [0, 0.05) is 17.5 Å². The van der Waals surface area contributed by atoms with Crippen LogP contribution in [0.2, 0.25) is 0 Å². The van der Waals surface area contributed by atoms with E-state index in [1.807, 2.05) is 12.1 Å². The highest BCUT2D eigenvalue weighted by Crippen LogP contribution is 2.33. The standard InChI is InChI=1S/C16H13NO5/c1-21-13-4-2-3-11-9-14(22-16(11)13)15(18)10-5-7-12(8-6-10)17(19)20/h2-9,15,18H,1H3/t15-/m0/s1. The summed E-state index contributed by atoms with van der Waals surface area (Å²) < 4.78 is 10.9. The summed E-state index contributed by atoms with van der Waals surface area (Å²) >= 11 is 0. The third kappa shape index (κ3) is 2.40. The molecule has 6 heteroatoms. The molecule has 0 saturated heterocycles. The average Bonchev–Trinajstić information content (AvgIpc) is 2.98. The van der Waals surface area contributed by atoms with Crippen molar-refractivity contribution < 1.29 is 19.2 Å². The number of furan rings is 1. The Balaban J connectivity index is 1.97. The van der Waals surface area contributed by atoms with Gasteiger partial charge in [-0.05, 0) is 29.8 Å².